The molecule has 3 saturated heterocycles. The number of anilines is 1. The number of carbonyl (C=O) groups excluding carboxylic acids is 3. The third-order valence-electron chi connectivity index (χ3n) is 10.5. The number of hydrogen-bond donors (Lipinski definition) is 2. The summed E-state index contributed by atoms with van der Waals surface area (Å²) in [6, 6.07) is 5.24. The van der Waals surface area contributed by atoms with Crippen molar-refractivity contribution in [3.8, 4) is 0 Å². The Morgan fingerprint density at radius 3 is 2.46 bits per heavy atom. The first-order valence-corrected chi connectivity index (χ1v) is 15.8. The molecule has 6 rings (SSSR count). The normalized spacial score (nSPS) is 36.1. The summed E-state index contributed by atoms with van der Waals surface area (Å²) < 4.78 is 6.55. The van der Waals surface area contributed by atoms with Gasteiger partial charge in [0, 0.05) is 18.3 Å². The first-order valence-electron chi connectivity index (χ1n) is 15.8. The number of likely N-dealkylation sites (tertiary alicyclic amines) is 2. The van der Waals surface area contributed by atoms with Crippen molar-refractivity contribution < 1.29 is 19.1 Å². The molecule has 5 aliphatic rings. The minimum Gasteiger partial charge on any atom is -0.359 e. The monoisotopic (exact) mass is 562 g/mol. The Hall–Kier alpha value is -2.71. The van der Waals surface area contributed by atoms with Gasteiger partial charge in [0.05, 0.1) is 17.9 Å². The molecule has 0 radical (unpaired) electrons. The van der Waals surface area contributed by atoms with Crippen molar-refractivity contribution in [1.82, 2.24) is 15.1 Å². The zero-order valence-corrected chi connectivity index (χ0v) is 25.0. The van der Waals surface area contributed by atoms with Gasteiger partial charge >= 0.3 is 0 Å². The lowest BCUT2D eigenvalue weighted by atomic mass is 9.73. The van der Waals surface area contributed by atoms with Crippen LogP contribution in [-0.2, 0) is 19.1 Å². The highest BCUT2D eigenvalue weighted by molar-refractivity contribution is 6.02. The molecule has 222 valence electrons. The van der Waals surface area contributed by atoms with Gasteiger partial charge in [-0.25, -0.2) is 0 Å². The zero-order valence-electron chi connectivity index (χ0n) is 25.0. The Balaban J connectivity index is 1.26. The Morgan fingerprint density at radius 2 is 1.73 bits per heavy atom. The molecule has 4 fully saturated rings. The van der Waals surface area contributed by atoms with E-state index in [0.29, 0.717) is 18.4 Å². The van der Waals surface area contributed by atoms with Crippen molar-refractivity contribution in [2.75, 3.05) is 31.5 Å². The van der Waals surface area contributed by atoms with Gasteiger partial charge in [-0.15, -0.1) is 0 Å². The van der Waals surface area contributed by atoms with E-state index in [0.717, 1.165) is 55.7 Å². The molecular weight excluding hydrogens is 516 g/mol. The van der Waals surface area contributed by atoms with Crippen LogP contribution >= 0.6 is 0 Å². The molecule has 41 heavy (non-hydrogen) atoms. The van der Waals surface area contributed by atoms with E-state index >= 15 is 0 Å². The third-order valence-corrected chi connectivity index (χ3v) is 10.5. The van der Waals surface area contributed by atoms with Crippen molar-refractivity contribution >= 4 is 23.4 Å². The smallest absolute Gasteiger partial charge is 0.246 e. The molecule has 1 aromatic carbocycles. The van der Waals surface area contributed by atoms with Crippen molar-refractivity contribution in [2.24, 2.45) is 23.7 Å². The van der Waals surface area contributed by atoms with Gasteiger partial charge in [0.25, 0.3) is 0 Å². The predicted octanol–water partition coefficient (Wildman–Crippen LogP) is 3.82. The summed E-state index contributed by atoms with van der Waals surface area (Å²) in [6.45, 7) is 12.0. The summed E-state index contributed by atoms with van der Waals surface area (Å²) in [6.07, 6.45) is 9.73. The Morgan fingerprint density at radius 1 is 1.00 bits per heavy atom. The minimum absolute atomic E-state index is 0.0782. The maximum Gasteiger partial charge on any atom is 0.246 e. The molecule has 1 saturated carbocycles. The lowest BCUT2D eigenvalue weighted by molar-refractivity contribution is -0.141. The van der Waals surface area contributed by atoms with Crippen molar-refractivity contribution in [1.29, 1.82) is 0 Å². The van der Waals surface area contributed by atoms with Gasteiger partial charge in [0.1, 0.15) is 11.6 Å². The SMILES string of the molecule is Cc1cc(C)cc(NC(=O)[C@H]2[C@H]3C=C[C@@]4(O3)[C@H]2C(=O)N(CCCN2CCCC2)[C@@H]4C(=O)N[C@@H]2CCC[C@H](C)[C@H]2C)c1. The molecule has 0 aromatic heterocycles. The standard InChI is InChI=1S/C33H46N4O4/c1-20-17-21(2)19-24(18-20)34-30(38)27-26-11-12-33(41-26)28(27)32(40)37(16-8-15-36-13-5-6-14-36)29(33)31(39)35-25-10-7-9-22(3)23(25)4/h11-12,17-19,22-23,25-29H,5-10,13-16H2,1-4H3,(H,34,38)(H,35,39)/t22-,23+,25+,26+,27-,28+,29+,33+/m0/s1. The molecule has 8 heteroatoms. The fourth-order valence-electron chi connectivity index (χ4n) is 8.30. The summed E-state index contributed by atoms with van der Waals surface area (Å²) in [5.41, 5.74) is 1.72. The summed E-state index contributed by atoms with van der Waals surface area (Å²) in [5, 5.41) is 6.42. The highest BCUT2D eigenvalue weighted by atomic mass is 16.5. The molecule has 8 atom stereocenters. The van der Waals surface area contributed by atoms with Crippen LogP contribution < -0.4 is 10.6 Å². The third kappa shape index (κ3) is 5.11. The van der Waals surface area contributed by atoms with E-state index in [9.17, 15) is 14.4 Å². The average Bonchev–Trinajstić information content (AvgIpc) is 3.69. The summed E-state index contributed by atoms with van der Waals surface area (Å²) in [4.78, 5) is 46.4. The number of nitrogens with one attached hydrogen (secondary N) is 2. The number of rotatable bonds is 8. The van der Waals surface area contributed by atoms with Crippen LogP contribution in [0.5, 0.6) is 0 Å². The van der Waals surface area contributed by atoms with Crippen LogP contribution in [0.3, 0.4) is 0 Å². The second-order valence-electron chi connectivity index (χ2n) is 13.4. The number of nitrogens with zero attached hydrogens (tertiary/aromatic N) is 2. The van der Waals surface area contributed by atoms with Gasteiger partial charge in [0.15, 0.2) is 0 Å². The van der Waals surface area contributed by atoms with Crippen LogP contribution in [0.25, 0.3) is 0 Å². The van der Waals surface area contributed by atoms with Crippen LogP contribution in [0, 0.1) is 37.5 Å². The van der Waals surface area contributed by atoms with E-state index in [4.69, 9.17) is 4.74 Å². The number of hydrogen-bond acceptors (Lipinski definition) is 5. The highest BCUT2D eigenvalue weighted by Gasteiger charge is 2.72. The summed E-state index contributed by atoms with van der Waals surface area (Å²) in [7, 11) is 0. The average molecular weight is 563 g/mol. The quantitative estimate of drug-likeness (QED) is 0.470. The minimum atomic E-state index is -1.12. The van der Waals surface area contributed by atoms with Crippen molar-refractivity contribution in [3.63, 3.8) is 0 Å². The highest BCUT2D eigenvalue weighted by Crippen LogP contribution is 2.55. The maximum absolute atomic E-state index is 14.2. The second-order valence-corrected chi connectivity index (χ2v) is 13.4. The van der Waals surface area contributed by atoms with E-state index in [-0.39, 0.29) is 23.8 Å². The molecule has 8 nitrogen and oxygen atoms in total. The fourth-order valence-corrected chi connectivity index (χ4v) is 8.30. The van der Waals surface area contributed by atoms with Crippen LogP contribution in [0.2, 0.25) is 0 Å². The van der Waals surface area contributed by atoms with E-state index in [2.05, 4.69) is 35.4 Å². The van der Waals surface area contributed by atoms with E-state index in [1.165, 1.54) is 19.3 Å². The predicted molar refractivity (Wildman–Crippen MR) is 158 cm³/mol. The molecule has 2 bridgehead atoms. The second kappa shape index (κ2) is 11.2. The largest absolute Gasteiger partial charge is 0.359 e. The molecule has 4 heterocycles. The van der Waals surface area contributed by atoms with Crippen molar-refractivity contribution in [2.45, 2.75) is 90.0 Å². The lowest BCUT2D eigenvalue weighted by Gasteiger charge is -2.38. The van der Waals surface area contributed by atoms with Gasteiger partial charge in [-0.05, 0) is 94.3 Å². The number of ether oxygens (including phenoxy) is 1. The molecular formula is C33H46N4O4. The first kappa shape index (κ1) is 28.4. The van der Waals surface area contributed by atoms with Gasteiger partial charge in [-0.2, -0.15) is 0 Å². The van der Waals surface area contributed by atoms with E-state index < -0.39 is 29.6 Å². The Kier molecular flexibility index (Phi) is 7.74. The van der Waals surface area contributed by atoms with Crippen LogP contribution in [0.15, 0.2) is 30.4 Å². The fraction of sp³-hybridized carbons (Fsp3) is 0.667. The first-order chi connectivity index (χ1) is 19.7. The summed E-state index contributed by atoms with van der Waals surface area (Å²) in [5.74, 6) is -0.988. The van der Waals surface area contributed by atoms with Crippen LogP contribution in [0.4, 0.5) is 5.69 Å². The molecule has 1 aliphatic carbocycles. The van der Waals surface area contributed by atoms with Crippen LogP contribution in [-0.4, -0.2) is 77.5 Å². The van der Waals surface area contributed by atoms with Crippen molar-refractivity contribution in [3.05, 3.63) is 41.5 Å². The Bertz CT molecular complexity index is 1210. The van der Waals surface area contributed by atoms with Gasteiger partial charge < -0.3 is 25.2 Å². The maximum atomic E-state index is 14.2. The molecule has 3 amide bonds. The number of aryl methyl sites for hydroxylation is 2. The molecule has 0 unspecified atom stereocenters. The number of amides is 3. The number of benzene rings is 1. The zero-order chi connectivity index (χ0) is 28.9. The van der Waals surface area contributed by atoms with E-state index in [1.54, 1.807) is 4.90 Å². The molecule has 1 aromatic rings. The Labute approximate surface area is 244 Å². The van der Waals surface area contributed by atoms with Gasteiger partial charge in [-0.1, -0.05) is 44.9 Å². The van der Waals surface area contributed by atoms with Crippen LogP contribution in [0.1, 0.15) is 63.5 Å². The molecule has 1 spiro atoms. The number of carbonyl (C=O) groups is 3. The lowest BCUT2D eigenvalue weighted by Crippen LogP contribution is -2.58. The molecule has 2 N–H and O–H groups in total. The van der Waals surface area contributed by atoms with Gasteiger partial charge in [0.2, 0.25) is 17.7 Å². The van der Waals surface area contributed by atoms with E-state index in [1.807, 2.05) is 38.1 Å². The van der Waals surface area contributed by atoms with Gasteiger partial charge in [-0.3, -0.25) is 14.4 Å². The summed E-state index contributed by atoms with van der Waals surface area (Å²) >= 11 is 0. The topological polar surface area (TPSA) is 91.0 Å². The molecule has 4 aliphatic heterocycles. The number of fused-ring (bicyclic) bond motifs is 1.